The van der Waals surface area contributed by atoms with Gasteiger partial charge in [0.1, 0.15) is 0 Å². The van der Waals surface area contributed by atoms with Crippen molar-refractivity contribution in [3.8, 4) is 0 Å². The minimum absolute atomic E-state index is 0. The van der Waals surface area contributed by atoms with Crippen molar-refractivity contribution in [2.75, 3.05) is 6.54 Å². The number of carbonyl (C=O) groups is 1. The van der Waals surface area contributed by atoms with Gasteiger partial charge in [-0.2, -0.15) is 0 Å². The van der Waals surface area contributed by atoms with Gasteiger partial charge in [0.25, 0.3) is 6.54 Å². The van der Waals surface area contributed by atoms with E-state index in [-0.39, 0.29) is 16.5 Å². The predicted octanol–water partition coefficient (Wildman–Crippen LogP) is -0.655. The Morgan fingerprint density at radius 3 is 2.12 bits per heavy atom. The summed E-state index contributed by atoms with van der Waals surface area (Å²) in [5.74, 6) is -1.41. The van der Waals surface area contributed by atoms with E-state index in [0.29, 0.717) is 0 Å². The first-order valence-corrected chi connectivity index (χ1v) is 1.46. The third-order valence-electron chi connectivity index (χ3n) is 0.264. The molecular formula is C2H3NNiO4. The predicted molar refractivity (Wildman–Crippen MR) is 19.5 cm³/mol. The molecule has 0 aliphatic carbocycles. The van der Waals surface area contributed by atoms with Gasteiger partial charge in [-0.05, 0) is 0 Å². The summed E-state index contributed by atoms with van der Waals surface area (Å²) < 4.78 is 0. The van der Waals surface area contributed by atoms with Crippen molar-refractivity contribution in [1.82, 2.24) is 0 Å². The van der Waals surface area contributed by atoms with Crippen LogP contribution in [-0.4, -0.2) is 22.5 Å². The summed E-state index contributed by atoms with van der Waals surface area (Å²) in [6.07, 6.45) is 0. The summed E-state index contributed by atoms with van der Waals surface area (Å²) in [6.45, 7) is -1.00. The van der Waals surface area contributed by atoms with Gasteiger partial charge in [0.2, 0.25) is 0 Å². The zero-order valence-electron chi connectivity index (χ0n) is 3.64. The normalized spacial score (nSPS) is 7.00. The zero-order chi connectivity index (χ0) is 5.86. The van der Waals surface area contributed by atoms with Crippen molar-refractivity contribution < 1.29 is 31.3 Å². The molecule has 50 valence electrons. The number of hydrogen-bond acceptors (Lipinski definition) is 3. The molecule has 0 saturated carbocycles. The van der Waals surface area contributed by atoms with Crippen LogP contribution in [0.1, 0.15) is 0 Å². The Labute approximate surface area is 54.8 Å². The molecule has 0 unspecified atom stereocenters. The molecule has 0 saturated heterocycles. The topological polar surface area (TPSA) is 80.4 Å². The van der Waals surface area contributed by atoms with E-state index in [4.69, 9.17) is 5.11 Å². The largest absolute Gasteiger partial charge is 0.476 e. The number of carboxylic acid groups (broad SMARTS) is 1. The molecule has 8 heavy (non-hydrogen) atoms. The first kappa shape index (κ1) is 10.4. The van der Waals surface area contributed by atoms with Crippen LogP contribution in [0.15, 0.2) is 0 Å². The molecule has 5 nitrogen and oxygen atoms in total. The molecule has 0 radical (unpaired) electrons. The zero-order valence-corrected chi connectivity index (χ0v) is 4.63. The molecule has 0 aliphatic heterocycles. The van der Waals surface area contributed by atoms with Gasteiger partial charge in [0.15, 0.2) is 0 Å². The van der Waals surface area contributed by atoms with E-state index < -0.39 is 17.4 Å². The second-order valence-electron chi connectivity index (χ2n) is 0.885. The number of nitrogens with zero attached hydrogens (tertiary/aromatic N) is 1. The average Bonchev–Trinajstić information content (AvgIpc) is 1.27. The van der Waals surface area contributed by atoms with Crippen LogP contribution in [0.3, 0.4) is 0 Å². The summed E-state index contributed by atoms with van der Waals surface area (Å²) in [5.41, 5.74) is 0. The number of hydrogen-bond donors (Lipinski definition) is 1. The van der Waals surface area contributed by atoms with Crippen LogP contribution in [0.2, 0.25) is 0 Å². The smallest absolute Gasteiger partial charge is 0.376 e. The van der Waals surface area contributed by atoms with Crippen molar-refractivity contribution in [1.29, 1.82) is 0 Å². The van der Waals surface area contributed by atoms with Crippen molar-refractivity contribution in [2.45, 2.75) is 0 Å². The fourth-order valence-electron chi connectivity index (χ4n) is 0.110. The molecule has 0 amide bonds. The first-order valence-electron chi connectivity index (χ1n) is 1.46. The summed E-state index contributed by atoms with van der Waals surface area (Å²) in [7, 11) is 0. The van der Waals surface area contributed by atoms with Gasteiger partial charge < -0.3 is 5.11 Å². The van der Waals surface area contributed by atoms with Crippen molar-refractivity contribution >= 4 is 5.97 Å². The Bertz CT molecular complexity index is 90.2. The Kier molecular flexibility index (Phi) is 5.86. The Morgan fingerprint density at radius 1 is 1.75 bits per heavy atom. The molecule has 0 aromatic carbocycles. The molecule has 0 aliphatic rings. The molecule has 6 heteroatoms. The van der Waals surface area contributed by atoms with E-state index in [1.165, 1.54) is 0 Å². The van der Waals surface area contributed by atoms with Crippen LogP contribution in [0.4, 0.5) is 0 Å². The number of nitro groups is 1. The molecule has 0 spiro atoms. The van der Waals surface area contributed by atoms with Crippen LogP contribution >= 0.6 is 0 Å². The maximum atomic E-state index is 9.37. The number of aliphatic carboxylic acids is 1. The van der Waals surface area contributed by atoms with Crippen molar-refractivity contribution in [3.63, 3.8) is 0 Å². The SMILES string of the molecule is O=C(O)C[N+](=O)[O-].[Ni]. The molecule has 0 fully saturated rings. The molecule has 1 N–H and O–H groups in total. The third-order valence-corrected chi connectivity index (χ3v) is 0.264. The van der Waals surface area contributed by atoms with E-state index in [9.17, 15) is 14.9 Å². The maximum Gasteiger partial charge on any atom is 0.376 e. The minimum Gasteiger partial charge on any atom is -0.476 e. The van der Waals surface area contributed by atoms with E-state index in [0.717, 1.165) is 0 Å². The van der Waals surface area contributed by atoms with Crippen LogP contribution in [-0.2, 0) is 21.3 Å². The molecule has 0 bridgehead atoms. The van der Waals surface area contributed by atoms with Gasteiger partial charge in [-0.25, -0.2) is 4.79 Å². The van der Waals surface area contributed by atoms with Crippen LogP contribution < -0.4 is 0 Å². The maximum absolute atomic E-state index is 9.37. The number of carboxylic acids is 1. The third kappa shape index (κ3) is 9.03. The van der Waals surface area contributed by atoms with E-state index in [2.05, 4.69) is 0 Å². The molecule has 0 atom stereocenters. The van der Waals surface area contributed by atoms with Gasteiger partial charge in [0.05, 0.1) is 0 Å². The van der Waals surface area contributed by atoms with Crippen LogP contribution in [0.5, 0.6) is 0 Å². The standard InChI is InChI=1S/C2H3NO4.Ni/c4-2(5)1-3(6)7;/h1H2,(H,4,5);. The van der Waals surface area contributed by atoms with Crippen LogP contribution in [0.25, 0.3) is 0 Å². The van der Waals surface area contributed by atoms with Crippen LogP contribution in [0, 0.1) is 10.1 Å². The second kappa shape index (κ2) is 4.52. The fraction of sp³-hybridized carbons (Fsp3) is 0.500. The quantitative estimate of drug-likeness (QED) is 0.333. The van der Waals surface area contributed by atoms with Crippen molar-refractivity contribution in [3.05, 3.63) is 10.1 Å². The monoisotopic (exact) mass is 163 g/mol. The molecule has 0 aromatic rings. The van der Waals surface area contributed by atoms with E-state index >= 15 is 0 Å². The van der Waals surface area contributed by atoms with Gasteiger partial charge in [-0.3, -0.25) is 10.1 Å². The Balaban J connectivity index is 0. The fourth-order valence-corrected chi connectivity index (χ4v) is 0.110. The van der Waals surface area contributed by atoms with Crippen molar-refractivity contribution in [2.24, 2.45) is 0 Å². The van der Waals surface area contributed by atoms with Gasteiger partial charge in [-0.15, -0.1) is 0 Å². The minimum atomic E-state index is -1.41. The number of rotatable bonds is 2. The summed E-state index contributed by atoms with van der Waals surface area (Å²) in [5, 5.41) is 16.9. The van der Waals surface area contributed by atoms with E-state index in [1.54, 1.807) is 0 Å². The Hall–Kier alpha value is -0.636. The summed E-state index contributed by atoms with van der Waals surface area (Å²) >= 11 is 0. The summed E-state index contributed by atoms with van der Waals surface area (Å²) in [6, 6.07) is 0. The molecule has 0 heterocycles. The average molecular weight is 164 g/mol. The second-order valence-corrected chi connectivity index (χ2v) is 0.885. The molecule has 0 rings (SSSR count). The molecule has 0 aromatic heterocycles. The van der Waals surface area contributed by atoms with Gasteiger partial charge in [0, 0.05) is 21.4 Å². The molecular weight excluding hydrogens is 161 g/mol. The first-order chi connectivity index (χ1) is 3.13. The van der Waals surface area contributed by atoms with Gasteiger partial charge in [-0.1, -0.05) is 0 Å². The Morgan fingerprint density at radius 2 is 2.12 bits per heavy atom. The van der Waals surface area contributed by atoms with Gasteiger partial charge >= 0.3 is 5.97 Å². The summed E-state index contributed by atoms with van der Waals surface area (Å²) in [4.78, 5) is 17.7. The van der Waals surface area contributed by atoms with E-state index in [1.807, 2.05) is 0 Å².